The van der Waals surface area contributed by atoms with Crippen molar-refractivity contribution in [3.05, 3.63) is 29.8 Å². The van der Waals surface area contributed by atoms with E-state index in [1.54, 1.807) is 0 Å². The zero-order valence-electron chi connectivity index (χ0n) is 12.3. The number of ketones is 1. The number of rotatable bonds is 5. The van der Waals surface area contributed by atoms with Gasteiger partial charge in [0, 0.05) is 30.8 Å². The number of carbonyl (C=O) groups excluding carboxylic acids is 1. The molecule has 0 unspecified atom stereocenters. The van der Waals surface area contributed by atoms with Crippen molar-refractivity contribution in [2.45, 2.75) is 41.0 Å². The number of nitrogens with zero attached hydrogens (tertiary/aromatic N) is 1. The third-order valence-electron chi connectivity index (χ3n) is 3.01. The highest BCUT2D eigenvalue weighted by molar-refractivity contribution is 5.96. The molecule has 0 aliphatic rings. The standard InChI is InChI=1S/C16H25NO/c1-6-17(7-2)14-10-8-13(9-11-14)15(18)12-16(3,4)5/h8-11H,6-7,12H2,1-5H3. The maximum Gasteiger partial charge on any atom is 0.163 e. The van der Waals surface area contributed by atoms with E-state index in [0.717, 1.165) is 18.7 Å². The Bertz CT molecular complexity index is 383. The van der Waals surface area contributed by atoms with Crippen LogP contribution in [0.2, 0.25) is 0 Å². The van der Waals surface area contributed by atoms with Crippen molar-refractivity contribution in [3.8, 4) is 0 Å². The van der Waals surface area contributed by atoms with Crippen LogP contribution < -0.4 is 4.90 Å². The summed E-state index contributed by atoms with van der Waals surface area (Å²) in [7, 11) is 0. The van der Waals surface area contributed by atoms with Crippen molar-refractivity contribution in [2.24, 2.45) is 5.41 Å². The number of Topliss-reactive ketones (excluding diaryl/α,β-unsaturated/α-hetero) is 1. The maximum absolute atomic E-state index is 12.1. The summed E-state index contributed by atoms with van der Waals surface area (Å²) in [6, 6.07) is 7.98. The highest BCUT2D eigenvalue weighted by Crippen LogP contribution is 2.22. The lowest BCUT2D eigenvalue weighted by Crippen LogP contribution is -2.21. The average molecular weight is 247 g/mol. The minimum atomic E-state index is 0.0502. The van der Waals surface area contributed by atoms with Gasteiger partial charge < -0.3 is 4.90 Å². The molecule has 0 aromatic heterocycles. The van der Waals surface area contributed by atoms with Crippen LogP contribution in [0.1, 0.15) is 51.4 Å². The minimum Gasteiger partial charge on any atom is -0.372 e. The molecule has 0 saturated heterocycles. The van der Waals surface area contributed by atoms with Crippen LogP contribution in [0, 0.1) is 5.41 Å². The highest BCUT2D eigenvalue weighted by Gasteiger charge is 2.17. The Hall–Kier alpha value is -1.31. The fourth-order valence-electron chi connectivity index (χ4n) is 2.03. The largest absolute Gasteiger partial charge is 0.372 e. The monoisotopic (exact) mass is 247 g/mol. The molecule has 0 bridgehead atoms. The van der Waals surface area contributed by atoms with Crippen LogP contribution in [-0.2, 0) is 0 Å². The van der Waals surface area contributed by atoms with E-state index < -0.39 is 0 Å². The molecular weight excluding hydrogens is 222 g/mol. The molecule has 0 radical (unpaired) electrons. The van der Waals surface area contributed by atoms with Crippen molar-refractivity contribution >= 4 is 11.5 Å². The Morgan fingerprint density at radius 3 is 1.94 bits per heavy atom. The van der Waals surface area contributed by atoms with Crippen molar-refractivity contribution in [1.82, 2.24) is 0 Å². The van der Waals surface area contributed by atoms with Crippen molar-refractivity contribution in [2.75, 3.05) is 18.0 Å². The Kier molecular flexibility index (Phi) is 4.94. The summed E-state index contributed by atoms with van der Waals surface area (Å²) in [6.07, 6.45) is 0.595. The predicted molar refractivity (Wildman–Crippen MR) is 78.4 cm³/mol. The molecule has 0 atom stereocenters. The SMILES string of the molecule is CCN(CC)c1ccc(C(=O)CC(C)(C)C)cc1. The first kappa shape index (κ1) is 14.7. The molecule has 2 nitrogen and oxygen atoms in total. The van der Waals surface area contributed by atoms with E-state index in [1.165, 1.54) is 5.69 Å². The molecule has 0 saturated carbocycles. The number of hydrogen-bond acceptors (Lipinski definition) is 2. The van der Waals surface area contributed by atoms with E-state index in [4.69, 9.17) is 0 Å². The number of hydrogen-bond donors (Lipinski definition) is 0. The quantitative estimate of drug-likeness (QED) is 0.728. The third kappa shape index (κ3) is 4.17. The zero-order valence-corrected chi connectivity index (χ0v) is 12.3. The van der Waals surface area contributed by atoms with Gasteiger partial charge >= 0.3 is 0 Å². The van der Waals surface area contributed by atoms with Gasteiger partial charge in [-0.2, -0.15) is 0 Å². The van der Waals surface area contributed by atoms with Gasteiger partial charge in [-0.15, -0.1) is 0 Å². The van der Waals surface area contributed by atoms with E-state index >= 15 is 0 Å². The predicted octanol–water partition coefficient (Wildman–Crippen LogP) is 4.15. The smallest absolute Gasteiger partial charge is 0.163 e. The van der Waals surface area contributed by atoms with Gasteiger partial charge in [0.15, 0.2) is 5.78 Å². The van der Waals surface area contributed by atoms with E-state index in [2.05, 4.69) is 39.5 Å². The van der Waals surface area contributed by atoms with Crippen LogP contribution in [0.15, 0.2) is 24.3 Å². The normalized spacial score (nSPS) is 11.4. The van der Waals surface area contributed by atoms with E-state index in [-0.39, 0.29) is 11.2 Å². The Labute approximate surface area is 111 Å². The summed E-state index contributed by atoms with van der Waals surface area (Å²) in [6.45, 7) is 12.5. The minimum absolute atomic E-state index is 0.0502. The van der Waals surface area contributed by atoms with E-state index in [1.807, 2.05) is 24.3 Å². The molecule has 0 heterocycles. The first-order valence-electron chi connectivity index (χ1n) is 6.75. The Balaban J connectivity index is 2.79. The van der Waals surface area contributed by atoms with Gasteiger partial charge in [-0.1, -0.05) is 20.8 Å². The summed E-state index contributed by atoms with van der Waals surface area (Å²) in [5.41, 5.74) is 2.06. The second-order valence-corrected chi connectivity index (χ2v) is 5.88. The van der Waals surface area contributed by atoms with Crippen LogP contribution in [0.25, 0.3) is 0 Å². The molecule has 2 heteroatoms. The molecule has 1 aromatic carbocycles. The molecule has 0 aliphatic heterocycles. The van der Waals surface area contributed by atoms with Crippen LogP contribution in [0.5, 0.6) is 0 Å². The van der Waals surface area contributed by atoms with Crippen molar-refractivity contribution < 1.29 is 4.79 Å². The zero-order chi connectivity index (χ0) is 13.8. The van der Waals surface area contributed by atoms with Crippen molar-refractivity contribution in [1.29, 1.82) is 0 Å². The summed E-state index contributed by atoms with van der Waals surface area (Å²) in [5, 5.41) is 0. The molecule has 0 aliphatic carbocycles. The Morgan fingerprint density at radius 2 is 1.56 bits per heavy atom. The molecule has 0 spiro atoms. The summed E-state index contributed by atoms with van der Waals surface area (Å²) in [4.78, 5) is 14.3. The molecule has 0 fully saturated rings. The van der Waals surface area contributed by atoms with Crippen LogP contribution in [-0.4, -0.2) is 18.9 Å². The lowest BCUT2D eigenvalue weighted by atomic mass is 9.88. The number of benzene rings is 1. The van der Waals surface area contributed by atoms with Gasteiger partial charge in [0.1, 0.15) is 0 Å². The number of anilines is 1. The van der Waals surface area contributed by atoms with E-state index in [9.17, 15) is 4.79 Å². The molecule has 0 N–H and O–H groups in total. The fraction of sp³-hybridized carbons (Fsp3) is 0.562. The molecule has 1 aromatic rings. The Morgan fingerprint density at radius 1 is 1.06 bits per heavy atom. The van der Waals surface area contributed by atoms with E-state index in [0.29, 0.717) is 6.42 Å². The number of carbonyl (C=O) groups is 1. The fourth-order valence-corrected chi connectivity index (χ4v) is 2.03. The molecule has 0 amide bonds. The lowest BCUT2D eigenvalue weighted by Gasteiger charge is -2.21. The first-order chi connectivity index (χ1) is 8.37. The lowest BCUT2D eigenvalue weighted by molar-refractivity contribution is 0.0940. The van der Waals surface area contributed by atoms with Gasteiger partial charge in [0.25, 0.3) is 0 Å². The van der Waals surface area contributed by atoms with Gasteiger partial charge in [-0.3, -0.25) is 4.79 Å². The van der Waals surface area contributed by atoms with Crippen molar-refractivity contribution in [3.63, 3.8) is 0 Å². The molecule has 100 valence electrons. The molecule has 18 heavy (non-hydrogen) atoms. The second kappa shape index (κ2) is 6.03. The summed E-state index contributed by atoms with van der Waals surface area (Å²) >= 11 is 0. The van der Waals surface area contributed by atoms with Crippen LogP contribution >= 0.6 is 0 Å². The topological polar surface area (TPSA) is 20.3 Å². The van der Waals surface area contributed by atoms with Crippen LogP contribution in [0.3, 0.4) is 0 Å². The van der Waals surface area contributed by atoms with Gasteiger partial charge in [0.05, 0.1) is 0 Å². The summed E-state index contributed by atoms with van der Waals surface area (Å²) < 4.78 is 0. The van der Waals surface area contributed by atoms with Gasteiger partial charge in [0.2, 0.25) is 0 Å². The average Bonchev–Trinajstić information content (AvgIpc) is 2.29. The first-order valence-corrected chi connectivity index (χ1v) is 6.75. The van der Waals surface area contributed by atoms with Gasteiger partial charge in [-0.05, 0) is 43.5 Å². The summed E-state index contributed by atoms with van der Waals surface area (Å²) in [5.74, 6) is 0.230. The second-order valence-electron chi connectivity index (χ2n) is 5.88. The van der Waals surface area contributed by atoms with Gasteiger partial charge in [-0.25, -0.2) is 0 Å². The third-order valence-corrected chi connectivity index (χ3v) is 3.01. The maximum atomic E-state index is 12.1. The molecular formula is C16H25NO. The van der Waals surface area contributed by atoms with Crippen LogP contribution in [0.4, 0.5) is 5.69 Å². The molecule has 1 rings (SSSR count). The highest BCUT2D eigenvalue weighted by atomic mass is 16.1.